The van der Waals surface area contributed by atoms with Crippen molar-refractivity contribution in [3.05, 3.63) is 0 Å². The van der Waals surface area contributed by atoms with Crippen molar-refractivity contribution >= 4 is 35.5 Å². The number of nitrogens with one attached hydrogen (secondary N) is 2. The van der Waals surface area contributed by atoms with E-state index in [9.17, 15) is 33.9 Å². The molecule has 29 heavy (non-hydrogen) atoms. The maximum absolute atomic E-state index is 12.7. The first-order valence-electron chi connectivity index (χ1n) is 8.90. The van der Waals surface area contributed by atoms with Crippen molar-refractivity contribution in [3.8, 4) is 0 Å². The molecule has 4 atom stereocenters. The molecule has 13 heteroatoms. The van der Waals surface area contributed by atoms with E-state index in [2.05, 4.69) is 10.6 Å². The lowest BCUT2D eigenvalue weighted by Crippen LogP contribution is -2.57. The summed E-state index contributed by atoms with van der Waals surface area (Å²) < 4.78 is 0. The van der Waals surface area contributed by atoms with E-state index < -0.39 is 72.5 Å². The Labute approximate surface area is 166 Å². The number of nitrogens with two attached hydrogens (primary N) is 3. The Morgan fingerprint density at radius 2 is 1.62 bits per heavy atom. The molecule has 162 valence electrons. The quantitative estimate of drug-likeness (QED) is 0.207. The molecule has 0 aliphatic carbocycles. The number of carbonyl (C=O) groups excluding carboxylic acids is 5. The Balaban J connectivity index is 2.81. The number of hydrogen-bond donors (Lipinski definition) is 6. The van der Waals surface area contributed by atoms with Crippen molar-refractivity contribution in [2.45, 2.75) is 56.8 Å². The van der Waals surface area contributed by atoms with Crippen molar-refractivity contribution in [2.24, 2.45) is 17.2 Å². The Morgan fingerprint density at radius 3 is 2.14 bits per heavy atom. The molecule has 0 aromatic carbocycles. The van der Waals surface area contributed by atoms with Crippen molar-refractivity contribution < 1.29 is 33.9 Å². The number of carbonyl (C=O) groups is 6. The van der Waals surface area contributed by atoms with E-state index in [0.29, 0.717) is 6.42 Å². The summed E-state index contributed by atoms with van der Waals surface area (Å²) in [5.41, 5.74) is 15.6. The molecule has 0 spiro atoms. The normalized spacial score (nSPS) is 19.0. The number of hydrogen-bond acceptors (Lipinski definition) is 7. The van der Waals surface area contributed by atoms with Gasteiger partial charge in [-0.15, -0.1) is 0 Å². The highest BCUT2D eigenvalue weighted by atomic mass is 16.4. The third-order valence-electron chi connectivity index (χ3n) is 4.35. The van der Waals surface area contributed by atoms with E-state index in [1.807, 2.05) is 0 Å². The molecule has 9 N–H and O–H groups in total. The monoisotopic (exact) mass is 414 g/mol. The zero-order valence-electron chi connectivity index (χ0n) is 15.9. The van der Waals surface area contributed by atoms with Crippen LogP contribution in [0.25, 0.3) is 0 Å². The zero-order chi connectivity index (χ0) is 22.3. The van der Waals surface area contributed by atoms with Crippen LogP contribution in [0.4, 0.5) is 0 Å². The highest BCUT2D eigenvalue weighted by Crippen LogP contribution is 2.19. The van der Waals surface area contributed by atoms with Gasteiger partial charge in [-0.2, -0.15) is 0 Å². The SMILES string of the molecule is C[C@H](NC(=O)[C@@H](N)CC(N)=O)C(=O)N[C@@H](CC(N)=O)C(=O)N1CCC[C@H]1C(=O)O. The summed E-state index contributed by atoms with van der Waals surface area (Å²) in [6.45, 7) is 1.46. The first-order valence-corrected chi connectivity index (χ1v) is 8.90. The summed E-state index contributed by atoms with van der Waals surface area (Å²) in [4.78, 5) is 71.4. The van der Waals surface area contributed by atoms with Crippen LogP contribution in [0.1, 0.15) is 32.6 Å². The van der Waals surface area contributed by atoms with E-state index >= 15 is 0 Å². The number of rotatable bonds is 10. The topological polar surface area (TPSA) is 228 Å². The Hall–Kier alpha value is -3.22. The Bertz CT molecular complexity index is 697. The second-order valence-corrected chi connectivity index (χ2v) is 6.77. The van der Waals surface area contributed by atoms with E-state index in [1.165, 1.54) is 6.92 Å². The van der Waals surface area contributed by atoms with E-state index in [1.54, 1.807) is 0 Å². The third kappa shape index (κ3) is 7.03. The molecule has 1 aliphatic heterocycles. The molecule has 1 fully saturated rings. The minimum Gasteiger partial charge on any atom is -0.480 e. The molecule has 1 saturated heterocycles. The van der Waals surface area contributed by atoms with Crippen LogP contribution >= 0.6 is 0 Å². The van der Waals surface area contributed by atoms with Gasteiger partial charge < -0.3 is 37.8 Å². The van der Waals surface area contributed by atoms with E-state index in [0.717, 1.165) is 4.90 Å². The number of likely N-dealkylation sites (tertiary alicyclic amines) is 1. The lowest BCUT2D eigenvalue weighted by molar-refractivity contribution is -0.149. The van der Waals surface area contributed by atoms with Crippen molar-refractivity contribution in [2.75, 3.05) is 6.54 Å². The summed E-state index contributed by atoms with van der Waals surface area (Å²) in [6.07, 6.45) is -0.254. The number of carboxylic acid groups (broad SMARTS) is 1. The largest absolute Gasteiger partial charge is 0.480 e. The molecule has 0 saturated carbocycles. The molecule has 1 aliphatic rings. The molecule has 0 bridgehead atoms. The van der Waals surface area contributed by atoms with Gasteiger partial charge in [-0.3, -0.25) is 24.0 Å². The van der Waals surface area contributed by atoms with Gasteiger partial charge in [0.2, 0.25) is 29.5 Å². The van der Waals surface area contributed by atoms with E-state index in [-0.39, 0.29) is 13.0 Å². The van der Waals surface area contributed by atoms with Crippen LogP contribution < -0.4 is 27.8 Å². The second-order valence-electron chi connectivity index (χ2n) is 6.77. The van der Waals surface area contributed by atoms with Gasteiger partial charge in [0.1, 0.15) is 18.1 Å². The fourth-order valence-corrected chi connectivity index (χ4v) is 2.88. The summed E-state index contributed by atoms with van der Waals surface area (Å²) >= 11 is 0. The van der Waals surface area contributed by atoms with Crippen molar-refractivity contribution in [3.63, 3.8) is 0 Å². The van der Waals surface area contributed by atoms with Gasteiger partial charge >= 0.3 is 5.97 Å². The third-order valence-corrected chi connectivity index (χ3v) is 4.35. The highest BCUT2D eigenvalue weighted by Gasteiger charge is 2.38. The molecular formula is C16H26N6O7. The summed E-state index contributed by atoms with van der Waals surface area (Å²) in [6, 6.07) is -4.87. The average Bonchev–Trinajstić information content (AvgIpc) is 3.09. The summed E-state index contributed by atoms with van der Waals surface area (Å²) in [5.74, 6) is -5.26. The lowest BCUT2D eigenvalue weighted by Gasteiger charge is -2.27. The number of primary amides is 2. The standard InChI is InChI=1S/C16H26N6O7/c1-7(20-14(26)8(17)5-11(18)23)13(25)21-9(6-12(19)24)15(27)22-4-2-3-10(22)16(28)29/h7-10H,2-6,17H2,1H3,(H2,18,23)(H2,19,24)(H,20,26)(H,21,25)(H,28,29)/t7-,8-,9-,10-/m0/s1. The van der Waals surface area contributed by atoms with Crippen molar-refractivity contribution in [1.29, 1.82) is 0 Å². The fourth-order valence-electron chi connectivity index (χ4n) is 2.88. The molecule has 1 rings (SSSR count). The van der Waals surface area contributed by atoms with Crippen LogP contribution in [0.3, 0.4) is 0 Å². The fraction of sp³-hybridized carbons (Fsp3) is 0.625. The van der Waals surface area contributed by atoms with Gasteiger partial charge in [-0.25, -0.2) is 4.79 Å². The molecule has 0 unspecified atom stereocenters. The number of amides is 5. The molecule has 0 radical (unpaired) electrons. The van der Waals surface area contributed by atoms with Crippen molar-refractivity contribution in [1.82, 2.24) is 15.5 Å². The minimum absolute atomic E-state index is 0.162. The molecule has 0 aromatic heterocycles. The summed E-state index contributed by atoms with van der Waals surface area (Å²) in [7, 11) is 0. The van der Waals surface area contributed by atoms with Crippen LogP contribution in [0, 0.1) is 0 Å². The minimum atomic E-state index is -1.39. The van der Waals surface area contributed by atoms with Gasteiger partial charge in [-0.05, 0) is 19.8 Å². The molecule has 1 heterocycles. The Kier molecular flexibility index (Phi) is 8.51. The maximum Gasteiger partial charge on any atom is 0.326 e. The van der Waals surface area contributed by atoms with Crippen LogP contribution in [-0.2, 0) is 28.8 Å². The predicted octanol–water partition coefficient (Wildman–Crippen LogP) is -3.87. The van der Waals surface area contributed by atoms with Gasteiger partial charge in [0, 0.05) is 6.54 Å². The van der Waals surface area contributed by atoms with Crippen LogP contribution in [0.5, 0.6) is 0 Å². The summed E-state index contributed by atoms with van der Waals surface area (Å²) in [5, 5.41) is 13.8. The van der Waals surface area contributed by atoms with Gasteiger partial charge in [0.05, 0.1) is 18.9 Å². The highest BCUT2D eigenvalue weighted by molar-refractivity contribution is 5.96. The first kappa shape index (κ1) is 23.8. The maximum atomic E-state index is 12.7. The smallest absolute Gasteiger partial charge is 0.326 e. The zero-order valence-corrected chi connectivity index (χ0v) is 15.9. The number of carboxylic acids is 1. The Morgan fingerprint density at radius 1 is 1.03 bits per heavy atom. The van der Waals surface area contributed by atoms with Crippen LogP contribution in [-0.4, -0.2) is 76.2 Å². The second kappa shape index (κ2) is 10.4. The number of nitrogens with zero attached hydrogens (tertiary/aromatic N) is 1. The molecule has 5 amide bonds. The van der Waals surface area contributed by atoms with Crippen LogP contribution in [0.15, 0.2) is 0 Å². The van der Waals surface area contributed by atoms with E-state index in [4.69, 9.17) is 17.2 Å². The van der Waals surface area contributed by atoms with Crippen LogP contribution in [0.2, 0.25) is 0 Å². The predicted molar refractivity (Wildman–Crippen MR) is 97.5 cm³/mol. The lowest BCUT2D eigenvalue weighted by atomic mass is 10.1. The average molecular weight is 414 g/mol. The number of aliphatic carboxylic acids is 1. The van der Waals surface area contributed by atoms with Gasteiger partial charge in [0.25, 0.3) is 0 Å². The van der Waals surface area contributed by atoms with Gasteiger partial charge in [-0.1, -0.05) is 0 Å². The molecular weight excluding hydrogens is 388 g/mol. The molecule has 13 nitrogen and oxygen atoms in total. The first-order chi connectivity index (χ1) is 13.4. The molecule has 0 aromatic rings. The van der Waals surface area contributed by atoms with Gasteiger partial charge in [0.15, 0.2) is 0 Å².